The van der Waals surface area contributed by atoms with Crippen LogP contribution in [0.15, 0.2) is 36.4 Å². The summed E-state index contributed by atoms with van der Waals surface area (Å²) in [5.41, 5.74) is 5.38. The number of aromatic amines is 1. The molecule has 0 radical (unpaired) electrons. The lowest BCUT2D eigenvalue weighted by molar-refractivity contribution is -0.131. The van der Waals surface area contributed by atoms with Gasteiger partial charge in [-0.3, -0.25) is 4.79 Å². The van der Waals surface area contributed by atoms with Gasteiger partial charge in [0.15, 0.2) is 0 Å². The number of imidazole rings is 1. The molecule has 1 N–H and O–H groups in total. The molecule has 0 unspecified atom stereocenters. The number of rotatable bonds is 3. The van der Waals surface area contributed by atoms with Crippen LogP contribution in [0.3, 0.4) is 0 Å². The van der Waals surface area contributed by atoms with Gasteiger partial charge in [-0.1, -0.05) is 35.9 Å². The van der Waals surface area contributed by atoms with E-state index in [1.807, 2.05) is 48.2 Å². The molecule has 0 spiro atoms. The quantitative estimate of drug-likeness (QED) is 0.784. The molecule has 3 aromatic rings. The molecule has 1 aliphatic rings. The molecule has 24 heavy (non-hydrogen) atoms. The van der Waals surface area contributed by atoms with Crippen LogP contribution in [0, 0.1) is 6.92 Å². The van der Waals surface area contributed by atoms with Crippen molar-refractivity contribution in [1.29, 1.82) is 0 Å². The second-order valence-electron chi connectivity index (χ2n) is 6.28. The van der Waals surface area contributed by atoms with Crippen LogP contribution in [-0.2, 0) is 24.3 Å². The van der Waals surface area contributed by atoms with Crippen molar-refractivity contribution < 1.29 is 4.79 Å². The molecule has 0 aliphatic carbocycles. The Morgan fingerprint density at radius 3 is 2.88 bits per heavy atom. The number of nitrogens with one attached hydrogen (secondary N) is 1. The number of carbonyl (C=O) groups excluding carboxylic acids is 1. The smallest absolute Gasteiger partial charge is 0.223 e. The molecule has 1 amide bonds. The van der Waals surface area contributed by atoms with Crippen LogP contribution in [0.4, 0.5) is 0 Å². The molecule has 0 saturated carbocycles. The maximum Gasteiger partial charge on any atom is 0.223 e. The summed E-state index contributed by atoms with van der Waals surface area (Å²) in [6.45, 7) is 3.30. The highest BCUT2D eigenvalue weighted by Gasteiger charge is 2.24. The number of hydrogen-bond acceptors (Lipinski definition) is 2. The van der Waals surface area contributed by atoms with E-state index < -0.39 is 0 Å². The van der Waals surface area contributed by atoms with E-state index in [9.17, 15) is 4.79 Å². The number of H-pyrrole nitrogens is 1. The molecular weight excluding hydrogens is 322 g/mol. The third-order valence-electron chi connectivity index (χ3n) is 4.62. The zero-order valence-corrected chi connectivity index (χ0v) is 14.2. The number of nitrogens with zero attached hydrogens (tertiary/aromatic N) is 2. The average molecular weight is 340 g/mol. The molecule has 1 aliphatic heterocycles. The van der Waals surface area contributed by atoms with Gasteiger partial charge in [-0.25, -0.2) is 4.98 Å². The minimum Gasteiger partial charge on any atom is -0.342 e. The molecule has 2 heterocycles. The number of para-hydroxylation sites is 1. The van der Waals surface area contributed by atoms with E-state index in [2.05, 4.69) is 9.97 Å². The van der Waals surface area contributed by atoms with E-state index in [4.69, 9.17) is 11.6 Å². The minimum atomic E-state index is 0.138. The SMILES string of the molecule is Cc1cccc2[nH]c(CCC(=O)N3Cc4cccc(Cl)c4C3)nc12. The lowest BCUT2D eigenvalue weighted by atomic mass is 10.1. The molecule has 0 fully saturated rings. The zero-order valence-electron chi connectivity index (χ0n) is 13.5. The average Bonchev–Trinajstić information content (AvgIpc) is 3.18. The molecular formula is C19H18ClN3O. The second kappa shape index (κ2) is 5.95. The second-order valence-corrected chi connectivity index (χ2v) is 6.69. The first-order valence-electron chi connectivity index (χ1n) is 8.10. The summed E-state index contributed by atoms with van der Waals surface area (Å²) in [5, 5.41) is 0.746. The highest BCUT2D eigenvalue weighted by Crippen LogP contribution is 2.29. The van der Waals surface area contributed by atoms with Gasteiger partial charge in [0.25, 0.3) is 0 Å². The fourth-order valence-electron chi connectivity index (χ4n) is 3.29. The van der Waals surface area contributed by atoms with Crippen molar-refractivity contribution in [1.82, 2.24) is 14.9 Å². The van der Waals surface area contributed by atoms with E-state index >= 15 is 0 Å². The van der Waals surface area contributed by atoms with Crippen molar-refractivity contribution in [2.24, 2.45) is 0 Å². The van der Waals surface area contributed by atoms with Gasteiger partial charge in [-0.2, -0.15) is 0 Å². The summed E-state index contributed by atoms with van der Waals surface area (Å²) >= 11 is 6.22. The van der Waals surface area contributed by atoms with Gasteiger partial charge in [0.1, 0.15) is 5.82 Å². The summed E-state index contributed by atoms with van der Waals surface area (Å²) < 4.78 is 0. The molecule has 4 nitrogen and oxygen atoms in total. The fourth-order valence-corrected chi connectivity index (χ4v) is 3.54. The molecule has 0 saturated heterocycles. The number of amides is 1. The molecule has 5 heteroatoms. The molecule has 0 atom stereocenters. The van der Waals surface area contributed by atoms with Crippen molar-refractivity contribution in [3.63, 3.8) is 0 Å². The van der Waals surface area contributed by atoms with E-state index in [0.29, 0.717) is 25.9 Å². The van der Waals surface area contributed by atoms with Gasteiger partial charge in [0, 0.05) is 31.0 Å². The standard InChI is InChI=1S/C19H18ClN3O/c1-12-4-2-7-16-19(12)22-17(21-16)8-9-18(24)23-10-13-5-3-6-15(20)14(13)11-23/h2-7H,8-11H2,1H3,(H,21,22). The third kappa shape index (κ3) is 2.67. The zero-order chi connectivity index (χ0) is 16.7. The van der Waals surface area contributed by atoms with Crippen molar-refractivity contribution in [3.05, 3.63) is 63.9 Å². The van der Waals surface area contributed by atoms with E-state index in [-0.39, 0.29) is 5.91 Å². The Labute approximate surface area is 145 Å². The largest absolute Gasteiger partial charge is 0.342 e. The Morgan fingerprint density at radius 2 is 2.08 bits per heavy atom. The summed E-state index contributed by atoms with van der Waals surface area (Å²) in [5.74, 6) is 1.00. The number of halogens is 1. The van der Waals surface area contributed by atoms with Gasteiger partial charge in [-0.15, -0.1) is 0 Å². The maximum absolute atomic E-state index is 12.5. The number of aromatic nitrogens is 2. The van der Waals surface area contributed by atoms with Crippen LogP contribution in [0.5, 0.6) is 0 Å². The third-order valence-corrected chi connectivity index (χ3v) is 4.97. The van der Waals surface area contributed by atoms with Crippen molar-refractivity contribution in [2.45, 2.75) is 32.9 Å². The van der Waals surface area contributed by atoms with Crippen molar-refractivity contribution in [3.8, 4) is 0 Å². The number of hydrogen-bond donors (Lipinski definition) is 1. The lowest BCUT2D eigenvalue weighted by Gasteiger charge is -2.14. The Morgan fingerprint density at radius 1 is 1.25 bits per heavy atom. The summed E-state index contributed by atoms with van der Waals surface area (Å²) in [7, 11) is 0. The van der Waals surface area contributed by atoms with E-state index in [0.717, 1.165) is 38.6 Å². The summed E-state index contributed by atoms with van der Waals surface area (Å²) in [4.78, 5) is 22.3. The predicted molar refractivity (Wildman–Crippen MR) is 94.9 cm³/mol. The van der Waals surface area contributed by atoms with E-state index in [1.165, 1.54) is 0 Å². The van der Waals surface area contributed by atoms with Gasteiger partial charge in [0.2, 0.25) is 5.91 Å². The van der Waals surface area contributed by atoms with Crippen molar-refractivity contribution in [2.75, 3.05) is 0 Å². The van der Waals surface area contributed by atoms with Gasteiger partial charge < -0.3 is 9.88 Å². The van der Waals surface area contributed by atoms with Crippen LogP contribution in [0.2, 0.25) is 5.02 Å². The first-order valence-corrected chi connectivity index (χ1v) is 8.48. The first-order chi connectivity index (χ1) is 11.6. The van der Waals surface area contributed by atoms with Gasteiger partial charge >= 0.3 is 0 Å². The molecule has 122 valence electrons. The monoisotopic (exact) mass is 339 g/mol. The Kier molecular flexibility index (Phi) is 3.77. The Bertz CT molecular complexity index is 932. The number of aryl methyl sites for hydroxylation is 2. The lowest BCUT2D eigenvalue weighted by Crippen LogP contribution is -2.25. The minimum absolute atomic E-state index is 0.138. The normalized spacial score (nSPS) is 13.5. The molecule has 0 bridgehead atoms. The number of benzene rings is 2. The molecule has 4 rings (SSSR count). The molecule has 1 aromatic heterocycles. The summed E-state index contributed by atoms with van der Waals surface area (Å²) in [6, 6.07) is 11.9. The molecule has 2 aromatic carbocycles. The van der Waals surface area contributed by atoms with E-state index in [1.54, 1.807) is 0 Å². The topological polar surface area (TPSA) is 49.0 Å². The summed E-state index contributed by atoms with van der Waals surface area (Å²) in [6.07, 6.45) is 1.07. The van der Waals surface area contributed by atoms with Crippen LogP contribution in [0.1, 0.15) is 28.9 Å². The Hall–Kier alpha value is -2.33. The highest BCUT2D eigenvalue weighted by molar-refractivity contribution is 6.31. The Balaban J connectivity index is 1.44. The van der Waals surface area contributed by atoms with Gasteiger partial charge in [-0.05, 0) is 35.7 Å². The van der Waals surface area contributed by atoms with Gasteiger partial charge in [0.05, 0.1) is 11.0 Å². The van der Waals surface area contributed by atoms with Crippen molar-refractivity contribution >= 4 is 28.5 Å². The fraction of sp³-hybridized carbons (Fsp3) is 0.263. The number of fused-ring (bicyclic) bond motifs is 2. The van der Waals surface area contributed by atoms with Crippen LogP contribution in [-0.4, -0.2) is 20.8 Å². The van der Waals surface area contributed by atoms with Crippen LogP contribution < -0.4 is 0 Å². The predicted octanol–water partition coefficient (Wildman–Crippen LogP) is 4.00. The maximum atomic E-state index is 12.5. The highest BCUT2D eigenvalue weighted by atomic mass is 35.5. The van der Waals surface area contributed by atoms with Crippen LogP contribution >= 0.6 is 11.6 Å². The van der Waals surface area contributed by atoms with Crippen LogP contribution in [0.25, 0.3) is 11.0 Å². The number of carbonyl (C=O) groups is 1. The first kappa shape index (κ1) is 15.2.